The monoisotopic (exact) mass is 462 g/mol. The van der Waals surface area contributed by atoms with Gasteiger partial charge >= 0.3 is 0 Å². The Hall–Kier alpha value is -3.58. The summed E-state index contributed by atoms with van der Waals surface area (Å²) in [7, 11) is 5.39. The zero-order valence-corrected chi connectivity index (χ0v) is 20.2. The second-order valence-electron chi connectivity index (χ2n) is 8.09. The zero-order valence-electron chi connectivity index (χ0n) is 20.2. The Bertz CT molecular complexity index is 1050. The maximum atomic E-state index is 12.1. The van der Waals surface area contributed by atoms with Crippen LogP contribution in [0.2, 0.25) is 0 Å². The quantitative estimate of drug-likeness (QED) is 0.389. The average Bonchev–Trinajstić information content (AvgIpc) is 3.40. The van der Waals surface area contributed by atoms with Crippen LogP contribution in [0.1, 0.15) is 24.0 Å². The molecule has 0 saturated heterocycles. The van der Waals surface area contributed by atoms with Crippen molar-refractivity contribution in [2.75, 3.05) is 40.9 Å². The molecule has 0 radical (unpaired) electrons. The number of carbonyl (C=O) groups excluding carboxylic acids is 1. The van der Waals surface area contributed by atoms with Crippen LogP contribution in [0.25, 0.3) is 11.8 Å². The van der Waals surface area contributed by atoms with Crippen molar-refractivity contribution in [1.82, 2.24) is 20.0 Å². The summed E-state index contributed by atoms with van der Waals surface area (Å²) in [6, 6.07) is 16.0. The van der Waals surface area contributed by atoms with Gasteiger partial charge < -0.3 is 19.7 Å². The van der Waals surface area contributed by atoms with Gasteiger partial charge in [-0.05, 0) is 67.9 Å². The fraction of sp³-hybridized carbons (Fsp3) is 0.333. The number of nitrogens with zero attached hydrogens (tertiary/aromatic N) is 3. The molecular formula is C27H34N4O3. The van der Waals surface area contributed by atoms with E-state index in [9.17, 15) is 4.79 Å². The number of hydrogen-bond acceptors (Lipinski definition) is 5. The van der Waals surface area contributed by atoms with E-state index < -0.39 is 0 Å². The first-order valence-electron chi connectivity index (χ1n) is 11.5. The van der Waals surface area contributed by atoms with Crippen LogP contribution in [0, 0.1) is 0 Å². The highest BCUT2D eigenvalue weighted by Crippen LogP contribution is 2.27. The highest BCUT2D eigenvalue weighted by Gasteiger charge is 2.06. The minimum atomic E-state index is 0.0393. The molecule has 7 heteroatoms. The maximum Gasteiger partial charge on any atom is 0.223 e. The molecule has 1 aromatic heterocycles. The van der Waals surface area contributed by atoms with Gasteiger partial charge in [0.15, 0.2) is 11.5 Å². The van der Waals surface area contributed by atoms with E-state index in [4.69, 9.17) is 9.47 Å². The molecule has 1 amide bonds. The summed E-state index contributed by atoms with van der Waals surface area (Å²) in [5, 5.41) is 7.21. The van der Waals surface area contributed by atoms with Crippen LogP contribution in [0.15, 0.2) is 67.0 Å². The SMILES string of the molecule is COc1ccc(CCN(C)CCCNC(=O)CC=Cc2ccc(-n3cccn3)cc2)cc1OC. The van der Waals surface area contributed by atoms with Crippen LogP contribution in [-0.4, -0.2) is 61.5 Å². The molecule has 0 unspecified atom stereocenters. The number of rotatable bonds is 13. The van der Waals surface area contributed by atoms with Gasteiger partial charge in [0, 0.05) is 31.9 Å². The van der Waals surface area contributed by atoms with Crippen molar-refractivity contribution < 1.29 is 14.3 Å². The minimum absolute atomic E-state index is 0.0393. The van der Waals surface area contributed by atoms with Gasteiger partial charge in [-0.2, -0.15) is 5.10 Å². The third-order valence-electron chi connectivity index (χ3n) is 5.54. The van der Waals surface area contributed by atoms with Crippen molar-refractivity contribution in [1.29, 1.82) is 0 Å². The smallest absolute Gasteiger partial charge is 0.223 e. The summed E-state index contributed by atoms with van der Waals surface area (Å²) in [5.41, 5.74) is 3.27. The number of ether oxygens (including phenoxy) is 2. The Labute approximate surface area is 202 Å². The second kappa shape index (κ2) is 13.2. The molecule has 7 nitrogen and oxygen atoms in total. The molecule has 3 rings (SSSR count). The normalized spacial score (nSPS) is 11.2. The fourth-order valence-electron chi connectivity index (χ4n) is 3.58. The molecule has 0 aliphatic rings. The van der Waals surface area contributed by atoms with Gasteiger partial charge in [-0.15, -0.1) is 0 Å². The van der Waals surface area contributed by atoms with Gasteiger partial charge in [0.1, 0.15) is 0 Å². The van der Waals surface area contributed by atoms with E-state index in [-0.39, 0.29) is 5.91 Å². The number of carbonyl (C=O) groups is 1. The lowest BCUT2D eigenvalue weighted by atomic mass is 10.1. The number of benzene rings is 2. The molecule has 0 bridgehead atoms. The Balaban J connectivity index is 1.30. The fourth-order valence-corrected chi connectivity index (χ4v) is 3.58. The number of nitrogens with one attached hydrogen (secondary N) is 1. The van der Waals surface area contributed by atoms with Crippen LogP contribution in [0.5, 0.6) is 11.5 Å². The number of aromatic nitrogens is 2. The highest BCUT2D eigenvalue weighted by atomic mass is 16.5. The predicted molar refractivity (Wildman–Crippen MR) is 136 cm³/mol. The average molecular weight is 463 g/mol. The first-order chi connectivity index (χ1) is 16.6. The van der Waals surface area contributed by atoms with E-state index >= 15 is 0 Å². The van der Waals surface area contributed by atoms with Crippen LogP contribution in [0.3, 0.4) is 0 Å². The molecule has 0 spiro atoms. The first kappa shape index (κ1) is 25.1. The van der Waals surface area contributed by atoms with E-state index in [1.807, 2.05) is 65.5 Å². The largest absolute Gasteiger partial charge is 0.493 e. The van der Waals surface area contributed by atoms with Crippen molar-refractivity contribution in [3.63, 3.8) is 0 Å². The Morgan fingerprint density at radius 2 is 1.88 bits per heavy atom. The number of amides is 1. The third kappa shape index (κ3) is 7.78. The van der Waals surface area contributed by atoms with Gasteiger partial charge in [0.2, 0.25) is 5.91 Å². The number of likely N-dealkylation sites (N-methyl/N-ethyl adjacent to an activating group) is 1. The standard InChI is InChI=1S/C27H34N4O3/c1-30(20-15-23-11-14-25(33-2)26(21-23)34-3)18-5-16-28-27(32)8-4-7-22-9-12-24(13-10-22)31-19-6-17-29-31/h4,6-7,9-14,17,19,21H,5,8,15-16,18,20H2,1-3H3,(H,28,32). The van der Waals surface area contributed by atoms with Gasteiger partial charge in [-0.1, -0.05) is 30.4 Å². The molecule has 1 N–H and O–H groups in total. The molecule has 3 aromatic rings. The lowest BCUT2D eigenvalue weighted by Crippen LogP contribution is -2.28. The Morgan fingerprint density at radius 3 is 2.59 bits per heavy atom. The predicted octanol–water partition coefficient (Wildman–Crippen LogP) is 3.97. The van der Waals surface area contributed by atoms with Crippen molar-refractivity contribution >= 4 is 12.0 Å². The number of hydrogen-bond donors (Lipinski definition) is 1. The van der Waals surface area contributed by atoms with Crippen LogP contribution >= 0.6 is 0 Å². The Morgan fingerprint density at radius 1 is 1.09 bits per heavy atom. The molecule has 0 aliphatic carbocycles. The first-order valence-corrected chi connectivity index (χ1v) is 11.5. The molecule has 0 saturated carbocycles. The number of methoxy groups -OCH3 is 2. The molecular weight excluding hydrogens is 428 g/mol. The lowest BCUT2D eigenvalue weighted by Gasteiger charge is -2.17. The lowest BCUT2D eigenvalue weighted by molar-refractivity contribution is -0.120. The van der Waals surface area contributed by atoms with Crippen molar-refractivity contribution in [3.8, 4) is 17.2 Å². The summed E-state index contributed by atoms with van der Waals surface area (Å²) in [5.74, 6) is 1.54. The van der Waals surface area contributed by atoms with Gasteiger partial charge in [-0.3, -0.25) is 4.79 Å². The van der Waals surface area contributed by atoms with Gasteiger partial charge in [-0.25, -0.2) is 4.68 Å². The van der Waals surface area contributed by atoms with Crippen molar-refractivity contribution in [2.24, 2.45) is 0 Å². The Kier molecular flexibility index (Phi) is 9.73. The molecule has 2 aromatic carbocycles. The molecule has 1 heterocycles. The van der Waals surface area contributed by atoms with Crippen LogP contribution in [0.4, 0.5) is 0 Å². The molecule has 0 atom stereocenters. The van der Waals surface area contributed by atoms with Crippen molar-refractivity contribution in [2.45, 2.75) is 19.3 Å². The molecule has 180 valence electrons. The molecule has 0 fully saturated rings. The molecule has 0 aliphatic heterocycles. The summed E-state index contributed by atoms with van der Waals surface area (Å²) in [6.07, 6.45) is 9.73. The van der Waals surface area contributed by atoms with Gasteiger partial charge in [0.25, 0.3) is 0 Å². The van der Waals surface area contributed by atoms with Crippen LogP contribution in [-0.2, 0) is 11.2 Å². The summed E-state index contributed by atoms with van der Waals surface area (Å²) in [4.78, 5) is 14.4. The van der Waals surface area contributed by atoms with E-state index in [1.54, 1.807) is 20.4 Å². The topological polar surface area (TPSA) is 68.6 Å². The maximum absolute atomic E-state index is 12.1. The summed E-state index contributed by atoms with van der Waals surface area (Å²) in [6.45, 7) is 2.53. The second-order valence-corrected chi connectivity index (χ2v) is 8.09. The summed E-state index contributed by atoms with van der Waals surface area (Å²) < 4.78 is 12.5. The third-order valence-corrected chi connectivity index (χ3v) is 5.54. The van der Waals surface area contributed by atoms with Crippen LogP contribution < -0.4 is 14.8 Å². The van der Waals surface area contributed by atoms with Gasteiger partial charge in [0.05, 0.1) is 19.9 Å². The van der Waals surface area contributed by atoms with E-state index in [1.165, 1.54) is 5.56 Å². The van der Waals surface area contributed by atoms with E-state index in [2.05, 4.69) is 28.4 Å². The molecule has 34 heavy (non-hydrogen) atoms. The summed E-state index contributed by atoms with van der Waals surface area (Å²) >= 11 is 0. The zero-order chi connectivity index (χ0) is 24.2. The van der Waals surface area contributed by atoms with E-state index in [0.29, 0.717) is 13.0 Å². The van der Waals surface area contributed by atoms with Crippen molar-refractivity contribution in [3.05, 3.63) is 78.1 Å². The van der Waals surface area contributed by atoms with E-state index in [0.717, 1.165) is 48.7 Å². The highest BCUT2D eigenvalue weighted by molar-refractivity contribution is 5.78. The minimum Gasteiger partial charge on any atom is -0.493 e.